The van der Waals surface area contributed by atoms with E-state index in [4.69, 9.17) is 16.0 Å². The van der Waals surface area contributed by atoms with Gasteiger partial charge in [-0.3, -0.25) is 4.79 Å². The van der Waals surface area contributed by atoms with Crippen molar-refractivity contribution in [2.24, 2.45) is 4.99 Å². The molecule has 3 aromatic rings. The molecular weight excluding hydrogens is 392 g/mol. The van der Waals surface area contributed by atoms with E-state index in [1.54, 1.807) is 6.08 Å². The summed E-state index contributed by atoms with van der Waals surface area (Å²) in [5, 5.41) is 4.00. The first kappa shape index (κ1) is 18.6. The zero-order valence-electron chi connectivity index (χ0n) is 15.1. The quantitative estimate of drug-likeness (QED) is 0.534. The van der Waals surface area contributed by atoms with E-state index in [0.29, 0.717) is 26.6 Å². The number of amides is 1. The molecule has 140 valence electrons. The molecule has 0 radical (unpaired) electrons. The monoisotopic (exact) mass is 408 g/mol. The molecule has 4 nitrogen and oxygen atoms in total. The number of nitrogens with zero attached hydrogens (tertiary/aromatic N) is 1. The normalized spacial score (nSPS) is 16.7. The van der Waals surface area contributed by atoms with Gasteiger partial charge in [0.2, 0.25) is 0 Å². The summed E-state index contributed by atoms with van der Waals surface area (Å²) in [4.78, 5) is 17.3. The highest BCUT2D eigenvalue weighted by Gasteiger charge is 2.24. The molecule has 1 aromatic heterocycles. The number of rotatable bonds is 4. The Balaban J connectivity index is 1.52. The lowest BCUT2D eigenvalue weighted by Crippen LogP contribution is -2.19. The Morgan fingerprint density at radius 3 is 2.71 bits per heavy atom. The van der Waals surface area contributed by atoms with Gasteiger partial charge in [0.05, 0.1) is 10.6 Å². The molecule has 1 amide bonds. The first-order valence-corrected chi connectivity index (χ1v) is 10.0. The molecule has 1 aliphatic rings. The van der Waals surface area contributed by atoms with Gasteiger partial charge >= 0.3 is 0 Å². The van der Waals surface area contributed by atoms with Crippen LogP contribution in [0.2, 0.25) is 5.02 Å². The fourth-order valence-electron chi connectivity index (χ4n) is 2.76. The topological polar surface area (TPSA) is 54.6 Å². The molecule has 0 atom stereocenters. The number of halogens is 1. The van der Waals surface area contributed by atoms with Crippen LogP contribution >= 0.6 is 23.4 Å². The van der Waals surface area contributed by atoms with Gasteiger partial charge in [-0.1, -0.05) is 42.8 Å². The van der Waals surface area contributed by atoms with Crippen molar-refractivity contribution in [3.8, 4) is 11.3 Å². The van der Waals surface area contributed by atoms with Crippen molar-refractivity contribution in [3.63, 3.8) is 0 Å². The lowest BCUT2D eigenvalue weighted by atomic mass is 10.2. The number of furan rings is 1. The number of aryl methyl sites for hydroxylation is 1. The fraction of sp³-hybridized carbons (Fsp3) is 0.0909. The minimum atomic E-state index is -0.186. The van der Waals surface area contributed by atoms with Crippen LogP contribution in [0.5, 0.6) is 0 Å². The second-order valence-electron chi connectivity index (χ2n) is 6.21. The zero-order chi connectivity index (χ0) is 19.5. The Morgan fingerprint density at radius 2 is 1.96 bits per heavy atom. The Hall–Kier alpha value is -2.76. The van der Waals surface area contributed by atoms with Crippen molar-refractivity contribution in [3.05, 3.63) is 81.9 Å². The van der Waals surface area contributed by atoms with E-state index in [1.165, 1.54) is 17.3 Å². The van der Waals surface area contributed by atoms with E-state index in [0.717, 1.165) is 17.7 Å². The van der Waals surface area contributed by atoms with Crippen molar-refractivity contribution >= 4 is 46.2 Å². The minimum absolute atomic E-state index is 0.186. The molecule has 1 fully saturated rings. The van der Waals surface area contributed by atoms with Crippen LogP contribution in [0.15, 0.2) is 75.0 Å². The third-order valence-corrected chi connectivity index (χ3v) is 5.38. The Labute approximate surface area is 172 Å². The maximum Gasteiger partial charge on any atom is 0.264 e. The average Bonchev–Trinajstić information content (AvgIpc) is 3.29. The molecule has 1 saturated heterocycles. The van der Waals surface area contributed by atoms with Crippen LogP contribution in [0.25, 0.3) is 17.4 Å². The number of carbonyl (C=O) groups is 1. The standard InChI is InChI=1S/C22H17ClN2O2S/c1-2-14-6-8-17(9-7-14)24-22-25-21(26)20(28-22)13-18-10-11-19(27-18)15-4-3-5-16(23)12-15/h3-13H,2H2,1H3,(H,24,25,26)/b20-13+. The number of carbonyl (C=O) groups excluding carboxylic acids is 1. The first-order chi connectivity index (χ1) is 13.6. The van der Waals surface area contributed by atoms with Gasteiger partial charge in [0.1, 0.15) is 11.5 Å². The number of nitrogens with one attached hydrogen (secondary N) is 1. The van der Waals surface area contributed by atoms with E-state index in [2.05, 4.69) is 17.2 Å². The second-order valence-corrected chi connectivity index (χ2v) is 7.68. The Morgan fingerprint density at radius 1 is 1.14 bits per heavy atom. The van der Waals surface area contributed by atoms with Gasteiger partial charge in [0.25, 0.3) is 5.91 Å². The van der Waals surface area contributed by atoms with Crippen LogP contribution < -0.4 is 5.32 Å². The van der Waals surface area contributed by atoms with Gasteiger partial charge < -0.3 is 9.73 Å². The van der Waals surface area contributed by atoms with Gasteiger partial charge in [0, 0.05) is 16.7 Å². The van der Waals surface area contributed by atoms with E-state index in [1.807, 2.05) is 60.7 Å². The Kier molecular flexibility index (Phi) is 5.37. The van der Waals surface area contributed by atoms with Crippen molar-refractivity contribution in [2.45, 2.75) is 13.3 Å². The molecular formula is C22H17ClN2O2S. The molecule has 1 aliphatic heterocycles. The summed E-state index contributed by atoms with van der Waals surface area (Å²) in [5.74, 6) is 1.11. The SMILES string of the molecule is CCc1ccc(N=C2NC(=O)/C(=C\c3ccc(-c4cccc(Cl)c4)o3)S2)cc1. The maximum absolute atomic E-state index is 12.3. The molecule has 0 spiro atoms. The average molecular weight is 409 g/mol. The third-order valence-electron chi connectivity index (χ3n) is 4.24. The molecule has 2 aromatic carbocycles. The Bertz CT molecular complexity index is 1080. The number of aliphatic imine (C=N–C) groups is 1. The molecule has 28 heavy (non-hydrogen) atoms. The summed E-state index contributed by atoms with van der Waals surface area (Å²) in [6.45, 7) is 2.11. The molecule has 2 heterocycles. The van der Waals surface area contributed by atoms with Crippen LogP contribution in [-0.4, -0.2) is 11.1 Å². The second kappa shape index (κ2) is 8.09. The largest absolute Gasteiger partial charge is 0.457 e. The number of benzene rings is 2. The third kappa shape index (κ3) is 4.21. The fourth-order valence-corrected chi connectivity index (χ4v) is 3.77. The van der Waals surface area contributed by atoms with Crippen molar-refractivity contribution in [1.82, 2.24) is 5.32 Å². The lowest BCUT2D eigenvalue weighted by molar-refractivity contribution is -0.115. The molecule has 6 heteroatoms. The molecule has 0 unspecified atom stereocenters. The van der Waals surface area contributed by atoms with Crippen LogP contribution in [-0.2, 0) is 11.2 Å². The predicted octanol–water partition coefficient (Wildman–Crippen LogP) is 6.05. The summed E-state index contributed by atoms with van der Waals surface area (Å²) < 4.78 is 5.85. The summed E-state index contributed by atoms with van der Waals surface area (Å²) in [5.41, 5.74) is 2.95. The summed E-state index contributed by atoms with van der Waals surface area (Å²) in [7, 11) is 0. The van der Waals surface area contributed by atoms with Gasteiger partial charge in [0.15, 0.2) is 5.17 Å². The maximum atomic E-state index is 12.3. The number of thioether (sulfide) groups is 1. The number of amidine groups is 1. The molecule has 0 saturated carbocycles. The summed E-state index contributed by atoms with van der Waals surface area (Å²) >= 11 is 7.33. The molecule has 4 rings (SSSR count). The van der Waals surface area contributed by atoms with Gasteiger partial charge in [-0.05, 0) is 60.1 Å². The van der Waals surface area contributed by atoms with Crippen molar-refractivity contribution < 1.29 is 9.21 Å². The van der Waals surface area contributed by atoms with Crippen LogP contribution in [0.1, 0.15) is 18.2 Å². The summed E-state index contributed by atoms with van der Waals surface area (Å²) in [6, 6.07) is 19.1. The first-order valence-electron chi connectivity index (χ1n) is 8.85. The van der Waals surface area contributed by atoms with Crippen LogP contribution in [0.4, 0.5) is 5.69 Å². The highest BCUT2D eigenvalue weighted by molar-refractivity contribution is 8.18. The summed E-state index contributed by atoms with van der Waals surface area (Å²) in [6.07, 6.45) is 2.70. The van der Waals surface area contributed by atoms with Gasteiger partial charge in [-0.2, -0.15) is 0 Å². The van der Waals surface area contributed by atoms with Gasteiger partial charge in [-0.25, -0.2) is 4.99 Å². The lowest BCUT2D eigenvalue weighted by Gasteiger charge is -1.98. The van der Waals surface area contributed by atoms with E-state index in [-0.39, 0.29) is 5.91 Å². The zero-order valence-corrected chi connectivity index (χ0v) is 16.7. The number of hydrogen-bond donors (Lipinski definition) is 1. The smallest absolute Gasteiger partial charge is 0.264 e. The minimum Gasteiger partial charge on any atom is -0.457 e. The van der Waals surface area contributed by atoms with Crippen molar-refractivity contribution in [2.75, 3.05) is 0 Å². The highest BCUT2D eigenvalue weighted by Crippen LogP contribution is 2.30. The van der Waals surface area contributed by atoms with E-state index < -0.39 is 0 Å². The van der Waals surface area contributed by atoms with Crippen molar-refractivity contribution in [1.29, 1.82) is 0 Å². The van der Waals surface area contributed by atoms with Crippen LogP contribution in [0.3, 0.4) is 0 Å². The predicted molar refractivity (Wildman–Crippen MR) is 116 cm³/mol. The van der Waals surface area contributed by atoms with Gasteiger partial charge in [-0.15, -0.1) is 0 Å². The molecule has 0 aliphatic carbocycles. The van der Waals surface area contributed by atoms with E-state index in [9.17, 15) is 4.79 Å². The highest BCUT2D eigenvalue weighted by atomic mass is 35.5. The molecule has 0 bridgehead atoms. The van der Waals surface area contributed by atoms with E-state index >= 15 is 0 Å². The van der Waals surface area contributed by atoms with Crippen LogP contribution in [0, 0.1) is 0 Å². The number of hydrogen-bond acceptors (Lipinski definition) is 4. The molecule has 1 N–H and O–H groups in total.